The van der Waals surface area contributed by atoms with Crippen LogP contribution < -0.4 is 9.80 Å². The van der Waals surface area contributed by atoms with E-state index in [-0.39, 0.29) is 11.4 Å². The Morgan fingerprint density at radius 1 is 0.963 bits per heavy atom. The zero-order valence-electron chi connectivity index (χ0n) is 15.4. The number of amides is 1. The Kier molecular flexibility index (Phi) is 4.90. The minimum atomic E-state index is -0.152. The Balaban J connectivity index is 1.81. The second-order valence-electron chi connectivity index (χ2n) is 6.69. The van der Waals surface area contributed by atoms with Crippen LogP contribution in [0.1, 0.15) is 11.1 Å². The normalized spacial score (nSPS) is 16.6. The van der Waals surface area contributed by atoms with Gasteiger partial charge in [0.05, 0.1) is 11.4 Å². The molecule has 0 aromatic heterocycles. The molecule has 3 aromatic carbocycles. The molecule has 1 aliphatic rings. The lowest BCUT2D eigenvalue weighted by Gasteiger charge is -2.36. The van der Waals surface area contributed by atoms with Gasteiger partial charge >= 0.3 is 0 Å². The third kappa shape index (κ3) is 3.58. The van der Waals surface area contributed by atoms with Crippen LogP contribution in [0.5, 0.6) is 0 Å². The maximum Gasteiger partial charge on any atom is 0.239 e. The fraction of sp³-hybridized carbons (Fsp3) is 0.174. The summed E-state index contributed by atoms with van der Waals surface area (Å²) in [7, 11) is 0. The van der Waals surface area contributed by atoms with Crippen molar-refractivity contribution in [1.29, 1.82) is 0 Å². The number of thioether (sulfide) groups is 1. The molecule has 1 unspecified atom stereocenters. The van der Waals surface area contributed by atoms with Gasteiger partial charge in [-0.1, -0.05) is 48.0 Å². The third-order valence-electron chi connectivity index (χ3n) is 4.61. The molecule has 0 spiro atoms. The SMILES string of the molecule is Cc1ccc(N(c2ccccc2)C2SCC(=O)N2c2[c]ccc(C)c2)cc1. The van der Waals surface area contributed by atoms with Crippen molar-refractivity contribution in [3.8, 4) is 0 Å². The second kappa shape index (κ2) is 7.49. The summed E-state index contributed by atoms with van der Waals surface area (Å²) in [6, 6.07) is 27.8. The Morgan fingerprint density at radius 3 is 2.37 bits per heavy atom. The van der Waals surface area contributed by atoms with Crippen LogP contribution >= 0.6 is 11.8 Å². The molecule has 1 saturated heterocycles. The van der Waals surface area contributed by atoms with E-state index in [4.69, 9.17) is 0 Å². The molecule has 0 bridgehead atoms. The number of anilines is 3. The van der Waals surface area contributed by atoms with Crippen LogP contribution in [0.3, 0.4) is 0 Å². The molecule has 3 nitrogen and oxygen atoms in total. The lowest BCUT2D eigenvalue weighted by molar-refractivity contribution is -0.115. The number of carbonyl (C=O) groups is 1. The Hall–Kier alpha value is -2.72. The predicted octanol–water partition coefficient (Wildman–Crippen LogP) is 5.31. The molecule has 0 N–H and O–H groups in total. The first-order chi connectivity index (χ1) is 13.1. The highest BCUT2D eigenvalue weighted by Gasteiger charge is 2.38. The summed E-state index contributed by atoms with van der Waals surface area (Å²) in [5.74, 6) is 0.571. The van der Waals surface area contributed by atoms with E-state index >= 15 is 0 Å². The number of hydrogen-bond donors (Lipinski definition) is 0. The lowest BCUT2D eigenvalue weighted by atomic mass is 10.2. The van der Waals surface area contributed by atoms with E-state index in [1.807, 2.05) is 48.2 Å². The van der Waals surface area contributed by atoms with Crippen LogP contribution in [0.4, 0.5) is 17.1 Å². The molecule has 4 heteroatoms. The van der Waals surface area contributed by atoms with Gasteiger partial charge in [-0.05, 0) is 49.7 Å². The summed E-state index contributed by atoms with van der Waals surface area (Å²) in [5.41, 5.74) is 5.13. The van der Waals surface area contributed by atoms with Gasteiger partial charge in [0.15, 0.2) is 5.50 Å². The summed E-state index contributed by atoms with van der Waals surface area (Å²) in [6.45, 7) is 4.12. The van der Waals surface area contributed by atoms with Gasteiger partial charge in [-0.15, -0.1) is 11.8 Å². The lowest BCUT2D eigenvalue weighted by Crippen LogP contribution is -2.43. The van der Waals surface area contributed by atoms with Crippen LogP contribution in [0.25, 0.3) is 0 Å². The van der Waals surface area contributed by atoms with Gasteiger partial charge in [0.1, 0.15) is 0 Å². The maximum atomic E-state index is 12.8. The largest absolute Gasteiger partial charge is 0.311 e. The van der Waals surface area contributed by atoms with E-state index in [9.17, 15) is 4.79 Å². The van der Waals surface area contributed by atoms with Crippen LogP contribution in [0, 0.1) is 19.9 Å². The van der Waals surface area contributed by atoms with E-state index in [2.05, 4.69) is 54.3 Å². The molecule has 1 atom stereocenters. The van der Waals surface area contributed by atoms with Gasteiger partial charge in [-0.25, -0.2) is 0 Å². The molecule has 135 valence electrons. The topological polar surface area (TPSA) is 23.6 Å². The number of rotatable bonds is 4. The first-order valence-electron chi connectivity index (χ1n) is 8.96. The first kappa shape index (κ1) is 17.7. The molecular formula is C23H21N2OS. The van der Waals surface area contributed by atoms with Crippen molar-refractivity contribution >= 4 is 34.7 Å². The zero-order valence-corrected chi connectivity index (χ0v) is 16.2. The zero-order chi connectivity index (χ0) is 18.8. The van der Waals surface area contributed by atoms with E-state index in [1.54, 1.807) is 11.8 Å². The van der Waals surface area contributed by atoms with Crippen LogP contribution in [-0.2, 0) is 4.79 Å². The van der Waals surface area contributed by atoms with E-state index in [0.717, 1.165) is 22.6 Å². The Morgan fingerprint density at radius 2 is 1.67 bits per heavy atom. The summed E-state index contributed by atoms with van der Waals surface area (Å²) in [6.07, 6.45) is 0. The number of carbonyl (C=O) groups excluding carboxylic acids is 1. The molecule has 27 heavy (non-hydrogen) atoms. The predicted molar refractivity (Wildman–Crippen MR) is 114 cm³/mol. The van der Waals surface area contributed by atoms with Crippen molar-refractivity contribution < 1.29 is 4.79 Å². The molecule has 1 heterocycles. The number of nitrogens with zero attached hydrogens (tertiary/aromatic N) is 2. The van der Waals surface area contributed by atoms with Gasteiger partial charge in [0.2, 0.25) is 5.91 Å². The molecule has 4 rings (SSSR count). The highest BCUT2D eigenvalue weighted by Crippen LogP contribution is 2.39. The monoisotopic (exact) mass is 373 g/mol. The molecule has 1 aliphatic heterocycles. The van der Waals surface area contributed by atoms with Crippen molar-refractivity contribution in [1.82, 2.24) is 0 Å². The Labute approximate surface area is 164 Å². The number of hydrogen-bond acceptors (Lipinski definition) is 3. The van der Waals surface area contributed by atoms with Crippen molar-refractivity contribution in [2.75, 3.05) is 15.6 Å². The van der Waals surface area contributed by atoms with Crippen molar-refractivity contribution in [2.45, 2.75) is 19.3 Å². The summed E-state index contributed by atoms with van der Waals surface area (Å²) >= 11 is 1.64. The standard InChI is InChI=1S/C23H21N2OS/c1-17-11-13-20(14-12-17)24(19-8-4-3-5-9-19)23-25(22(26)16-27-23)21-10-6-7-18(2)15-21/h3-9,11-15,23H,16H2,1-2H3. The van der Waals surface area contributed by atoms with Crippen molar-refractivity contribution in [3.63, 3.8) is 0 Å². The average Bonchev–Trinajstić information content (AvgIpc) is 3.05. The molecule has 3 aromatic rings. The molecule has 1 radical (unpaired) electrons. The van der Waals surface area contributed by atoms with Crippen LogP contribution in [0.2, 0.25) is 0 Å². The average molecular weight is 374 g/mol. The highest BCUT2D eigenvalue weighted by atomic mass is 32.2. The second-order valence-corrected chi connectivity index (χ2v) is 7.74. The van der Waals surface area contributed by atoms with Gasteiger partial charge < -0.3 is 4.90 Å². The molecular weight excluding hydrogens is 352 g/mol. The van der Waals surface area contributed by atoms with E-state index in [1.165, 1.54) is 5.56 Å². The highest BCUT2D eigenvalue weighted by molar-refractivity contribution is 8.01. The van der Waals surface area contributed by atoms with Crippen molar-refractivity contribution in [3.05, 3.63) is 90.0 Å². The summed E-state index contributed by atoms with van der Waals surface area (Å²) in [5, 5.41) is 0. The van der Waals surface area contributed by atoms with Crippen LogP contribution in [0.15, 0.2) is 72.8 Å². The minimum Gasteiger partial charge on any atom is -0.311 e. The Bertz CT molecular complexity index is 940. The fourth-order valence-electron chi connectivity index (χ4n) is 3.26. The van der Waals surface area contributed by atoms with Gasteiger partial charge in [0, 0.05) is 17.4 Å². The quantitative estimate of drug-likeness (QED) is 0.619. The summed E-state index contributed by atoms with van der Waals surface area (Å²) < 4.78 is 0. The minimum absolute atomic E-state index is 0.111. The third-order valence-corrected chi connectivity index (χ3v) is 5.75. The molecule has 1 fully saturated rings. The number of para-hydroxylation sites is 1. The summed E-state index contributed by atoms with van der Waals surface area (Å²) in [4.78, 5) is 16.9. The smallest absolute Gasteiger partial charge is 0.239 e. The van der Waals surface area contributed by atoms with Gasteiger partial charge in [-0.2, -0.15) is 0 Å². The molecule has 1 amide bonds. The fourth-order valence-corrected chi connectivity index (χ4v) is 4.46. The molecule has 0 aliphatic carbocycles. The van der Waals surface area contributed by atoms with Crippen LogP contribution in [-0.4, -0.2) is 17.2 Å². The maximum absolute atomic E-state index is 12.8. The number of aryl methyl sites for hydroxylation is 2. The van der Waals surface area contributed by atoms with Gasteiger partial charge in [0.25, 0.3) is 0 Å². The molecule has 0 saturated carbocycles. The van der Waals surface area contributed by atoms with Gasteiger partial charge in [-0.3, -0.25) is 9.69 Å². The van der Waals surface area contributed by atoms with E-state index in [0.29, 0.717) is 5.75 Å². The van der Waals surface area contributed by atoms with Crippen molar-refractivity contribution in [2.24, 2.45) is 0 Å². The first-order valence-corrected chi connectivity index (χ1v) is 10.0. The van der Waals surface area contributed by atoms with E-state index < -0.39 is 0 Å². The number of benzene rings is 3.